The summed E-state index contributed by atoms with van der Waals surface area (Å²) in [5.41, 5.74) is 1.72. The first kappa shape index (κ1) is 19.1. The van der Waals surface area contributed by atoms with E-state index in [1.807, 2.05) is 51.0 Å². The van der Waals surface area contributed by atoms with Crippen molar-refractivity contribution < 1.29 is 9.53 Å². The van der Waals surface area contributed by atoms with Crippen LogP contribution in [0, 0.1) is 19.8 Å². The van der Waals surface area contributed by atoms with Gasteiger partial charge >= 0.3 is 6.03 Å². The van der Waals surface area contributed by atoms with Crippen molar-refractivity contribution >= 4 is 34.0 Å². The summed E-state index contributed by atoms with van der Waals surface area (Å²) in [5.74, 6) is 1.94. The predicted molar refractivity (Wildman–Crippen MR) is 105 cm³/mol. The van der Waals surface area contributed by atoms with Crippen molar-refractivity contribution in [2.45, 2.75) is 27.7 Å². The third kappa shape index (κ3) is 5.35. The molecule has 2 N–H and O–H groups in total. The van der Waals surface area contributed by atoms with E-state index in [4.69, 9.17) is 4.74 Å². The molecule has 0 atom stereocenters. The molecule has 25 heavy (non-hydrogen) atoms. The van der Waals surface area contributed by atoms with Crippen LogP contribution in [-0.4, -0.2) is 31.7 Å². The summed E-state index contributed by atoms with van der Waals surface area (Å²) in [5, 5.41) is 6.20. The maximum atomic E-state index is 12.3. The summed E-state index contributed by atoms with van der Waals surface area (Å²) < 4.78 is 5.82. The molecule has 2 amide bonds. The number of aryl methyl sites for hydroxylation is 2. The van der Waals surface area contributed by atoms with Crippen molar-refractivity contribution in [3.8, 4) is 5.75 Å². The smallest absolute Gasteiger partial charge is 0.325 e. The normalized spacial score (nSPS) is 10.7. The number of urea groups is 1. The minimum Gasteiger partial charge on any atom is -0.491 e. The molecular formula is C18H26N4O2S. The van der Waals surface area contributed by atoms with E-state index in [-0.39, 0.29) is 6.03 Å². The van der Waals surface area contributed by atoms with Crippen molar-refractivity contribution in [2.24, 2.45) is 5.92 Å². The SMILES string of the molecule is Cc1ccc(NC(=O)Nc2nc(N(C)C)c(C)s2)c(OCC(C)C)c1. The molecule has 0 saturated carbocycles. The van der Waals surface area contributed by atoms with Crippen LogP contribution in [0.1, 0.15) is 24.3 Å². The van der Waals surface area contributed by atoms with Gasteiger partial charge in [0.25, 0.3) is 0 Å². The van der Waals surface area contributed by atoms with Gasteiger partial charge in [-0.25, -0.2) is 9.78 Å². The number of carbonyl (C=O) groups is 1. The van der Waals surface area contributed by atoms with Gasteiger partial charge in [-0.2, -0.15) is 0 Å². The highest BCUT2D eigenvalue weighted by Gasteiger charge is 2.13. The number of benzene rings is 1. The van der Waals surface area contributed by atoms with Crippen LogP contribution in [0.4, 0.5) is 21.4 Å². The zero-order valence-corrected chi connectivity index (χ0v) is 16.5. The first-order valence-corrected chi connectivity index (χ1v) is 9.04. The van der Waals surface area contributed by atoms with Crippen LogP contribution in [0.5, 0.6) is 5.75 Å². The summed E-state index contributed by atoms with van der Waals surface area (Å²) in [6.45, 7) is 8.74. The van der Waals surface area contributed by atoms with Crippen LogP contribution in [0.3, 0.4) is 0 Å². The number of hydrogen-bond donors (Lipinski definition) is 2. The molecule has 1 aromatic carbocycles. The minimum atomic E-state index is -0.336. The fourth-order valence-corrected chi connectivity index (χ4v) is 3.10. The predicted octanol–water partition coefficient (Wildman–Crippen LogP) is 4.50. The molecule has 0 bridgehead atoms. The molecule has 136 valence electrons. The molecule has 0 aliphatic carbocycles. The lowest BCUT2D eigenvalue weighted by molar-refractivity contribution is 0.260. The van der Waals surface area contributed by atoms with Crippen LogP contribution < -0.4 is 20.3 Å². The standard InChI is InChI=1S/C18H26N4O2S/c1-11(2)10-24-15-9-12(3)7-8-14(15)19-17(23)21-18-20-16(22(5)6)13(4)25-18/h7-9,11H,10H2,1-6H3,(H2,19,20,21,23). The average molecular weight is 362 g/mol. The van der Waals surface area contributed by atoms with Crippen molar-refractivity contribution in [1.82, 2.24) is 4.98 Å². The maximum absolute atomic E-state index is 12.3. The van der Waals surface area contributed by atoms with Gasteiger partial charge in [0.15, 0.2) is 5.13 Å². The zero-order chi connectivity index (χ0) is 18.6. The first-order chi connectivity index (χ1) is 11.8. The average Bonchev–Trinajstić information content (AvgIpc) is 2.88. The summed E-state index contributed by atoms with van der Waals surface area (Å²) in [7, 11) is 3.85. The van der Waals surface area contributed by atoms with E-state index < -0.39 is 0 Å². The van der Waals surface area contributed by atoms with Gasteiger partial charge in [-0.3, -0.25) is 5.32 Å². The van der Waals surface area contributed by atoms with Crippen molar-refractivity contribution in [3.63, 3.8) is 0 Å². The second kappa shape index (κ2) is 8.20. The molecule has 1 heterocycles. The number of nitrogens with zero attached hydrogens (tertiary/aromatic N) is 2. The molecule has 0 aliphatic rings. The molecule has 0 aliphatic heterocycles. The topological polar surface area (TPSA) is 66.5 Å². The highest BCUT2D eigenvalue weighted by atomic mass is 32.1. The van der Waals surface area contributed by atoms with E-state index in [0.29, 0.717) is 29.1 Å². The summed E-state index contributed by atoms with van der Waals surface area (Å²) in [6, 6.07) is 5.38. The third-order valence-electron chi connectivity index (χ3n) is 3.37. The van der Waals surface area contributed by atoms with Gasteiger partial charge in [-0.15, -0.1) is 0 Å². The lowest BCUT2D eigenvalue weighted by Gasteiger charge is -2.14. The number of rotatable bonds is 6. The molecular weight excluding hydrogens is 336 g/mol. The molecule has 1 aromatic heterocycles. The van der Waals surface area contributed by atoms with Crippen molar-refractivity contribution in [2.75, 3.05) is 36.2 Å². The summed E-state index contributed by atoms with van der Waals surface area (Å²) >= 11 is 1.45. The first-order valence-electron chi connectivity index (χ1n) is 8.22. The van der Waals surface area contributed by atoms with Gasteiger partial charge in [0.05, 0.1) is 12.3 Å². The molecule has 0 saturated heterocycles. The Morgan fingerprint density at radius 3 is 2.60 bits per heavy atom. The quantitative estimate of drug-likeness (QED) is 0.794. The molecule has 0 spiro atoms. The Morgan fingerprint density at radius 1 is 1.28 bits per heavy atom. The zero-order valence-electron chi connectivity index (χ0n) is 15.6. The number of amides is 2. The van der Waals surface area contributed by atoms with Crippen LogP contribution in [0.15, 0.2) is 18.2 Å². The molecule has 0 radical (unpaired) electrons. The van der Waals surface area contributed by atoms with E-state index >= 15 is 0 Å². The number of nitrogens with one attached hydrogen (secondary N) is 2. The Bertz CT molecular complexity index is 741. The van der Waals surface area contributed by atoms with E-state index in [0.717, 1.165) is 16.3 Å². The van der Waals surface area contributed by atoms with Crippen molar-refractivity contribution in [3.05, 3.63) is 28.6 Å². The number of anilines is 3. The lowest BCUT2D eigenvalue weighted by atomic mass is 10.2. The van der Waals surface area contributed by atoms with Gasteiger partial charge in [0, 0.05) is 19.0 Å². The van der Waals surface area contributed by atoms with Gasteiger partial charge in [0.2, 0.25) is 0 Å². The lowest BCUT2D eigenvalue weighted by Crippen LogP contribution is -2.20. The van der Waals surface area contributed by atoms with Crippen LogP contribution in [0.25, 0.3) is 0 Å². The van der Waals surface area contributed by atoms with E-state index in [2.05, 4.69) is 29.5 Å². The number of aromatic nitrogens is 1. The summed E-state index contributed by atoms with van der Waals surface area (Å²) in [6.07, 6.45) is 0. The molecule has 0 unspecified atom stereocenters. The van der Waals surface area contributed by atoms with E-state index in [9.17, 15) is 4.79 Å². The molecule has 0 fully saturated rings. The second-order valence-corrected chi connectivity index (χ2v) is 7.78. The molecule has 6 nitrogen and oxygen atoms in total. The Hall–Kier alpha value is -2.28. The van der Waals surface area contributed by atoms with Crippen LogP contribution in [0.2, 0.25) is 0 Å². The molecule has 7 heteroatoms. The second-order valence-electron chi connectivity index (χ2n) is 6.58. The Balaban J connectivity index is 2.08. The number of ether oxygens (including phenoxy) is 1. The summed E-state index contributed by atoms with van der Waals surface area (Å²) in [4.78, 5) is 19.7. The Labute approximate surface area is 153 Å². The van der Waals surface area contributed by atoms with Crippen LogP contribution in [-0.2, 0) is 0 Å². The maximum Gasteiger partial charge on any atom is 0.325 e. The largest absolute Gasteiger partial charge is 0.491 e. The number of thiazole rings is 1. The van der Waals surface area contributed by atoms with Crippen molar-refractivity contribution in [1.29, 1.82) is 0 Å². The number of carbonyl (C=O) groups excluding carboxylic acids is 1. The van der Waals surface area contributed by atoms with E-state index in [1.54, 1.807) is 0 Å². The van der Waals surface area contributed by atoms with Gasteiger partial charge in [0.1, 0.15) is 11.6 Å². The molecule has 2 aromatic rings. The number of hydrogen-bond acceptors (Lipinski definition) is 5. The third-order valence-corrected chi connectivity index (χ3v) is 4.25. The molecule has 2 rings (SSSR count). The van der Waals surface area contributed by atoms with Gasteiger partial charge < -0.3 is 15.0 Å². The van der Waals surface area contributed by atoms with E-state index in [1.165, 1.54) is 11.3 Å². The van der Waals surface area contributed by atoms with Crippen LogP contribution >= 0.6 is 11.3 Å². The minimum absolute atomic E-state index is 0.336. The highest BCUT2D eigenvalue weighted by Crippen LogP contribution is 2.29. The fraction of sp³-hybridized carbons (Fsp3) is 0.444. The monoisotopic (exact) mass is 362 g/mol. The van der Waals surface area contributed by atoms with Gasteiger partial charge in [-0.05, 0) is 37.5 Å². The van der Waals surface area contributed by atoms with Gasteiger partial charge in [-0.1, -0.05) is 31.3 Å². The Kier molecular flexibility index (Phi) is 6.25. The highest BCUT2D eigenvalue weighted by molar-refractivity contribution is 7.16. The Morgan fingerprint density at radius 2 is 2.00 bits per heavy atom. The fourth-order valence-electron chi connectivity index (χ4n) is 2.22.